The molecule has 0 spiro atoms. The van der Waals surface area contributed by atoms with Crippen LogP contribution in [-0.2, 0) is 0 Å². The second-order valence-electron chi connectivity index (χ2n) is 5.10. The quantitative estimate of drug-likeness (QED) is 0.289. The van der Waals surface area contributed by atoms with Gasteiger partial charge in [0.25, 0.3) is 5.91 Å². The largest absolute Gasteiger partial charge is 0.487 e. The van der Waals surface area contributed by atoms with Crippen LogP contribution in [0.3, 0.4) is 0 Å². The van der Waals surface area contributed by atoms with Gasteiger partial charge in [0.05, 0.1) is 11.5 Å². The van der Waals surface area contributed by atoms with Crippen LogP contribution in [0.5, 0.6) is 5.75 Å². The van der Waals surface area contributed by atoms with Crippen LogP contribution in [0.15, 0.2) is 30.5 Å². The van der Waals surface area contributed by atoms with Gasteiger partial charge < -0.3 is 10.1 Å². The van der Waals surface area contributed by atoms with Gasteiger partial charge in [0.15, 0.2) is 10.9 Å². The van der Waals surface area contributed by atoms with E-state index in [-0.39, 0.29) is 28.7 Å². The minimum atomic E-state index is -0.600. The van der Waals surface area contributed by atoms with E-state index in [1.807, 2.05) is 13.0 Å². The number of hydrogen-bond acceptors (Lipinski definition) is 6. The summed E-state index contributed by atoms with van der Waals surface area (Å²) in [6, 6.07) is 5.88. The zero-order chi connectivity index (χ0) is 19.3. The second-order valence-corrected chi connectivity index (χ2v) is 6.75. The first-order chi connectivity index (χ1) is 12.3. The Morgan fingerprint density at radius 3 is 2.77 bits per heavy atom. The summed E-state index contributed by atoms with van der Waals surface area (Å²) < 4.78 is 6.17. The van der Waals surface area contributed by atoms with Gasteiger partial charge >= 0.3 is 5.69 Å². The number of hydrogen-bond donors (Lipinski definition) is 2. The van der Waals surface area contributed by atoms with Crippen LogP contribution in [0.2, 0.25) is 0 Å². The SMILES string of the molecule is CCOc1ccc(C(=O)NC(=S)Nc2ncc(I)cc2C)cc1[N+](=O)[O-]. The van der Waals surface area contributed by atoms with Gasteiger partial charge in [-0.1, -0.05) is 0 Å². The van der Waals surface area contributed by atoms with Gasteiger partial charge in [-0.2, -0.15) is 0 Å². The number of aromatic nitrogens is 1. The van der Waals surface area contributed by atoms with Crippen LogP contribution < -0.4 is 15.4 Å². The molecule has 0 saturated heterocycles. The zero-order valence-electron chi connectivity index (χ0n) is 13.9. The van der Waals surface area contributed by atoms with Gasteiger partial charge in [-0.15, -0.1) is 0 Å². The Kier molecular flexibility index (Phi) is 6.80. The average Bonchev–Trinajstić information content (AvgIpc) is 2.57. The number of nitrogens with one attached hydrogen (secondary N) is 2. The Labute approximate surface area is 168 Å². The highest BCUT2D eigenvalue weighted by molar-refractivity contribution is 14.1. The van der Waals surface area contributed by atoms with Gasteiger partial charge in [0.1, 0.15) is 5.82 Å². The highest BCUT2D eigenvalue weighted by Crippen LogP contribution is 2.28. The summed E-state index contributed by atoms with van der Waals surface area (Å²) in [5.74, 6) is 0.0543. The van der Waals surface area contributed by atoms with Gasteiger partial charge in [0, 0.05) is 21.4 Å². The monoisotopic (exact) mass is 486 g/mol. The van der Waals surface area contributed by atoms with E-state index in [1.54, 1.807) is 13.1 Å². The molecule has 2 aromatic rings. The molecule has 0 aliphatic carbocycles. The number of nitro groups is 1. The Balaban J connectivity index is 2.12. The van der Waals surface area contributed by atoms with Crippen molar-refractivity contribution in [3.8, 4) is 5.75 Å². The molecule has 0 radical (unpaired) electrons. The molecular weight excluding hydrogens is 471 g/mol. The van der Waals surface area contributed by atoms with Crippen molar-refractivity contribution in [2.75, 3.05) is 11.9 Å². The maximum absolute atomic E-state index is 12.3. The number of carbonyl (C=O) groups is 1. The average molecular weight is 486 g/mol. The van der Waals surface area contributed by atoms with E-state index >= 15 is 0 Å². The lowest BCUT2D eigenvalue weighted by Crippen LogP contribution is -2.34. The minimum absolute atomic E-state index is 0.0448. The fourth-order valence-corrected chi connectivity index (χ4v) is 2.86. The number of aryl methyl sites for hydroxylation is 1. The lowest BCUT2D eigenvalue weighted by atomic mass is 10.1. The Bertz CT molecular complexity index is 875. The number of nitro benzene ring substituents is 1. The summed E-state index contributed by atoms with van der Waals surface area (Å²) in [5, 5.41) is 16.5. The number of pyridine rings is 1. The molecule has 0 aliphatic rings. The summed E-state index contributed by atoms with van der Waals surface area (Å²) in [6.45, 7) is 3.86. The Morgan fingerprint density at radius 2 is 2.15 bits per heavy atom. The molecule has 8 nitrogen and oxygen atoms in total. The van der Waals surface area contributed by atoms with Crippen molar-refractivity contribution in [1.29, 1.82) is 0 Å². The highest BCUT2D eigenvalue weighted by Gasteiger charge is 2.19. The van der Waals surface area contributed by atoms with E-state index in [1.165, 1.54) is 12.1 Å². The first-order valence-corrected chi connectivity index (χ1v) is 8.96. The van der Waals surface area contributed by atoms with E-state index < -0.39 is 10.8 Å². The fourth-order valence-electron chi connectivity index (χ4n) is 2.06. The summed E-state index contributed by atoms with van der Waals surface area (Å²) in [4.78, 5) is 27.1. The van der Waals surface area contributed by atoms with Crippen LogP contribution in [0.25, 0.3) is 0 Å². The maximum atomic E-state index is 12.3. The molecule has 2 rings (SSSR count). The minimum Gasteiger partial charge on any atom is -0.487 e. The third-order valence-corrected chi connectivity index (χ3v) is 4.02. The number of nitrogens with zero attached hydrogens (tertiary/aromatic N) is 2. The van der Waals surface area contributed by atoms with Crippen LogP contribution in [0, 0.1) is 20.6 Å². The van der Waals surface area contributed by atoms with Gasteiger partial charge in [-0.3, -0.25) is 20.2 Å². The Hall–Kier alpha value is -2.34. The molecule has 1 amide bonds. The molecule has 1 heterocycles. The summed E-state index contributed by atoms with van der Waals surface area (Å²) in [7, 11) is 0. The zero-order valence-corrected chi connectivity index (χ0v) is 16.9. The maximum Gasteiger partial charge on any atom is 0.311 e. The molecule has 10 heteroatoms. The van der Waals surface area contributed by atoms with E-state index in [4.69, 9.17) is 17.0 Å². The van der Waals surface area contributed by atoms with E-state index in [9.17, 15) is 14.9 Å². The summed E-state index contributed by atoms with van der Waals surface area (Å²) in [6.07, 6.45) is 1.66. The number of rotatable bonds is 5. The number of anilines is 1. The normalized spacial score (nSPS) is 10.1. The first-order valence-electron chi connectivity index (χ1n) is 7.47. The van der Waals surface area contributed by atoms with Crippen molar-refractivity contribution >= 4 is 57.3 Å². The number of amides is 1. The lowest BCUT2D eigenvalue weighted by Gasteiger charge is -2.11. The van der Waals surface area contributed by atoms with Crippen LogP contribution >= 0.6 is 34.8 Å². The number of halogens is 1. The number of carbonyl (C=O) groups excluding carboxylic acids is 1. The van der Waals surface area contributed by atoms with E-state index in [0.29, 0.717) is 5.82 Å². The number of thiocarbonyl (C=S) groups is 1. The van der Waals surface area contributed by atoms with Crippen LogP contribution in [-0.4, -0.2) is 27.5 Å². The molecule has 0 aliphatic heterocycles. The Morgan fingerprint density at radius 1 is 1.42 bits per heavy atom. The van der Waals surface area contributed by atoms with Crippen molar-refractivity contribution in [2.45, 2.75) is 13.8 Å². The molecule has 0 unspecified atom stereocenters. The molecule has 26 heavy (non-hydrogen) atoms. The molecule has 0 bridgehead atoms. The molecular formula is C16H15IN4O4S. The summed E-state index contributed by atoms with van der Waals surface area (Å²) in [5.41, 5.74) is 0.676. The molecule has 0 fully saturated rings. The number of ether oxygens (including phenoxy) is 1. The van der Waals surface area contributed by atoms with Crippen LogP contribution in [0.1, 0.15) is 22.8 Å². The second kappa shape index (κ2) is 8.85. The van der Waals surface area contributed by atoms with Gasteiger partial charge in [-0.25, -0.2) is 4.98 Å². The standard InChI is InChI=1S/C16H15IN4O4S/c1-3-25-13-5-4-10(7-12(13)21(23)24)15(22)20-16(26)19-14-9(2)6-11(17)8-18-14/h4-8H,3H2,1-2H3,(H2,18,19,20,22,26). The van der Waals surface area contributed by atoms with Crippen molar-refractivity contribution in [1.82, 2.24) is 10.3 Å². The smallest absolute Gasteiger partial charge is 0.311 e. The van der Waals surface area contributed by atoms with E-state index in [2.05, 4.69) is 38.2 Å². The molecule has 0 atom stereocenters. The third-order valence-electron chi connectivity index (χ3n) is 3.22. The topological polar surface area (TPSA) is 106 Å². The van der Waals surface area contributed by atoms with E-state index in [0.717, 1.165) is 15.2 Å². The first kappa shape index (κ1) is 20.0. The predicted molar refractivity (Wildman–Crippen MR) is 110 cm³/mol. The molecule has 1 aromatic carbocycles. The molecule has 136 valence electrons. The molecule has 0 saturated carbocycles. The highest BCUT2D eigenvalue weighted by atomic mass is 127. The summed E-state index contributed by atoms with van der Waals surface area (Å²) >= 11 is 7.25. The van der Waals surface area contributed by atoms with Crippen molar-refractivity contribution in [3.63, 3.8) is 0 Å². The van der Waals surface area contributed by atoms with Crippen molar-refractivity contribution in [3.05, 3.63) is 55.3 Å². The van der Waals surface area contributed by atoms with Crippen molar-refractivity contribution < 1.29 is 14.5 Å². The number of benzene rings is 1. The fraction of sp³-hybridized carbons (Fsp3) is 0.188. The predicted octanol–water partition coefficient (Wildman–Crippen LogP) is 3.43. The van der Waals surface area contributed by atoms with Gasteiger partial charge in [0.2, 0.25) is 0 Å². The lowest BCUT2D eigenvalue weighted by molar-refractivity contribution is -0.385. The third kappa shape index (κ3) is 5.08. The van der Waals surface area contributed by atoms with Gasteiger partial charge in [-0.05, 0) is 72.4 Å². The molecule has 1 aromatic heterocycles. The molecule has 2 N–H and O–H groups in total. The van der Waals surface area contributed by atoms with Crippen LogP contribution in [0.4, 0.5) is 11.5 Å². The van der Waals surface area contributed by atoms with Crippen molar-refractivity contribution in [2.24, 2.45) is 0 Å².